The second-order valence-electron chi connectivity index (χ2n) is 21.2. The normalized spacial score (nSPS) is 15.3. The second kappa shape index (κ2) is 29.2. The third kappa shape index (κ3) is 14.8. The standard InChI is InChI=1S/C68H85N3O4/c1-5-9-13-16-19-22-31-50-40-44-52(45-41-50)55-34-24-28-38-59(55)66(74)70-63-54(33-12-8-4)49-68(69-48-30-21-18-15-11-7-3,62-61(63)64(72)57-36-26-27-37-58(57)65(62)73)71-67(75)60-39-29-25-35-56(60)53-46-42-51(43-47-53)32-23-20-17-14-10-6-2/h24-29,34-47,69H,5-23,30-33,48-49H2,1-4H3,(H,70,74)(H,71,75). The Bertz CT molecular complexity index is 2750. The van der Waals surface area contributed by atoms with Crippen molar-refractivity contribution < 1.29 is 19.2 Å². The summed E-state index contributed by atoms with van der Waals surface area (Å²) in [6.07, 6.45) is 25.7. The number of Topliss-reactive ketones (excluding diaryl/α,β-unsaturated/α-hetero) is 2. The SMILES string of the molecule is CCCCCCCCNC1(NC(=O)c2ccccc2-c2ccc(CCCCCCCC)cc2)CC(CCCC)=C(NC(=O)c2ccccc2-c2ccc(CCCCCCCC)cc2)C2=C1C(=O)c1ccccc1C2=O. The number of fused-ring (bicyclic) bond motifs is 1. The van der Waals surface area contributed by atoms with E-state index in [1.807, 2.05) is 48.5 Å². The summed E-state index contributed by atoms with van der Waals surface area (Å²) in [5, 5.41) is 10.5. The van der Waals surface area contributed by atoms with Gasteiger partial charge >= 0.3 is 0 Å². The number of hydrogen-bond donors (Lipinski definition) is 3. The number of ketones is 2. The smallest absolute Gasteiger partial charge is 0.256 e. The van der Waals surface area contributed by atoms with Gasteiger partial charge in [-0.15, -0.1) is 0 Å². The third-order valence-electron chi connectivity index (χ3n) is 15.5. The number of nitrogens with one attached hydrogen (secondary N) is 3. The highest BCUT2D eigenvalue weighted by molar-refractivity contribution is 6.30. The molecule has 0 heterocycles. The molecule has 2 amide bonds. The molecule has 3 N–H and O–H groups in total. The number of aryl methyl sites for hydroxylation is 2. The van der Waals surface area contributed by atoms with Gasteiger partial charge < -0.3 is 10.6 Å². The van der Waals surface area contributed by atoms with E-state index in [0.29, 0.717) is 29.8 Å². The molecule has 75 heavy (non-hydrogen) atoms. The number of amides is 2. The van der Waals surface area contributed by atoms with E-state index in [4.69, 9.17) is 0 Å². The van der Waals surface area contributed by atoms with Crippen molar-refractivity contribution in [3.05, 3.63) is 177 Å². The molecule has 0 aromatic heterocycles. The summed E-state index contributed by atoms with van der Waals surface area (Å²) in [7, 11) is 0. The van der Waals surface area contributed by atoms with Gasteiger partial charge in [-0.2, -0.15) is 0 Å². The summed E-state index contributed by atoms with van der Waals surface area (Å²) in [5.74, 6) is -1.40. The molecule has 7 nitrogen and oxygen atoms in total. The lowest BCUT2D eigenvalue weighted by Gasteiger charge is -2.44. The van der Waals surface area contributed by atoms with Crippen molar-refractivity contribution in [2.24, 2.45) is 0 Å². The first kappa shape index (κ1) is 56.5. The van der Waals surface area contributed by atoms with Gasteiger partial charge in [0.2, 0.25) is 0 Å². The largest absolute Gasteiger partial charge is 0.329 e. The van der Waals surface area contributed by atoms with Crippen LogP contribution in [0.4, 0.5) is 0 Å². The van der Waals surface area contributed by atoms with Gasteiger partial charge in [0.25, 0.3) is 11.8 Å². The molecule has 7 rings (SSSR count). The molecule has 0 saturated carbocycles. The third-order valence-corrected chi connectivity index (χ3v) is 15.5. The zero-order chi connectivity index (χ0) is 52.8. The average Bonchev–Trinajstić information content (AvgIpc) is 3.45. The fourth-order valence-corrected chi connectivity index (χ4v) is 11.2. The summed E-state index contributed by atoms with van der Waals surface area (Å²) in [6.45, 7) is 9.33. The molecule has 0 radical (unpaired) electrons. The van der Waals surface area contributed by atoms with Crippen LogP contribution in [0.3, 0.4) is 0 Å². The molecule has 396 valence electrons. The predicted molar refractivity (Wildman–Crippen MR) is 310 cm³/mol. The average molecular weight is 1010 g/mol. The predicted octanol–water partition coefficient (Wildman–Crippen LogP) is 16.9. The van der Waals surface area contributed by atoms with Gasteiger partial charge in [0, 0.05) is 28.7 Å². The van der Waals surface area contributed by atoms with Gasteiger partial charge in [-0.25, -0.2) is 0 Å². The molecule has 0 bridgehead atoms. The molecule has 0 spiro atoms. The Morgan fingerprint density at radius 1 is 0.440 bits per heavy atom. The maximum absolute atomic E-state index is 15.5. The molecule has 0 fully saturated rings. The Labute approximate surface area is 449 Å². The number of benzene rings is 5. The molecular weight excluding hydrogens is 923 g/mol. The molecule has 7 heteroatoms. The van der Waals surface area contributed by atoms with Gasteiger partial charge in [0.05, 0.1) is 16.8 Å². The summed E-state index contributed by atoms with van der Waals surface area (Å²) in [6, 6.07) is 39.3. The minimum Gasteiger partial charge on any atom is -0.329 e. The van der Waals surface area contributed by atoms with Crippen molar-refractivity contribution >= 4 is 23.4 Å². The molecule has 2 aliphatic carbocycles. The van der Waals surface area contributed by atoms with E-state index in [1.54, 1.807) is 24.3 Å². The van der Waals surface area contributed by atoms with E-state index in [0.717, 1.165) is 98.5 Å². The Hall–Kier alpha value is -6.18. The summed E-state index contributed by atoms with van der Waals surface area (Å²) in [5.41, 5.74) is 7.53. The van der Waals surface area contributed by atoms with Crippen LogP contribution in [0.15, 0.2) is 144 Å². The molecule has 0 aliphatic heterocycles. The van der Waals surface area contributed by atoms with Crippen LogP contribution in [-0.4, -0.2) is 35.6 Å². The Balaban J connectivity index is 1.25. The van der Waals surface area contributed by atoms with Crippen molar-refractivity contribution in [1.82, 2.24) is 16.0 Å². The first-order valence-electron chi connectivity index (χ1n) is 29.1. The van der Waals surface area contributed by atoms with E-state index in [1.165, 1.54) is 81.8 Å². The maximum atomic E-state index is 15.5. The fourth-order valence-electron chi connectivity index (χ4n) is 11.2. The van der Waals surface area contributed by atoms with Crippen molar-refractivity contribution in [2.45, 2.75) is 187 Å². The van der Waals surface area contributed by atoms with Gasteiger partial charge in [-0.1, -0.05) is 240 Å². The van der Waals surface area contributed by atoms with Crippen LogP contribution in [0.2, 0.25) is 0 Å². The van der Waals surface area contributed by atoms with E-state index >= 15 is 19.2 Å². The van der Waals surface area contributed by atoms with Crippen molar-refractivity contribution in [3.63, 3.8) is 0 Å². The molecule has 0 saturated heterocycles. The van der Waals surface area contributed by atoms with E-state index in [2.05, 4.69) is 92.2 Å². The Morgan fingerprint density at radius 2 is 0.867 bits per heavy atom. The number of rotatable bonds is 31. The van der Waals surface area contributed by atoms with Crippen molar-refractivity contribution in [3.8, 4) is 22.3 Å². The number of carbonyl (C=O) groups is 4. The summed E-state index contributed by atoms with van der Waals surface area (Å²) in [4.78, 5) is 61.2. The second-order valence-corrected chi connectivity index (χ2v) is 21.2. The van der Waals surface area contributed by atoms with Crippen LogP contribution >= 0.6 is 0 Å². The van der Waals surface area contributed by atoms with E-state index in [9.17, 15) is 0 Å². The minimum absolute atomic E-state index is 0.144. The molecule has 5 aromatic rings. The topological polar surface area (TPSA) is 104 Å². The van der Waals surface area contributed by atoms with Gasteiger partial charge in [-0.05, 0) is 103 Å². The lowest BCUT2D eigenvalue weighted by Crippen LogP contribution is -2.64. The van der Waals surface area contributed by atoms with Crippen LogP contribution in [0, 0.1) is 0 Å². The van der Waals surface area contributed by atoms with Crippen LogP contribution in [-0.2, 0) is 12.8 Å². The molecule has 5 aromatic carbocycles. The number of allylic oxidation sites excluding steroid dienone is 1. The van der Waals surface area contributed by atoms with Gasteiger partial charge in [-0.3, -0.25) is 24.5 Å². The van der Waals surface area contributed by atoms with Gasteiger partial charge in [0.1, 0.15) is 5.66 Å². The zero-order valence-electron chi connectivity index (χ0n) is 45.9. The van der Waals surface area contributed by atoms with Crippen LogP contribution < -0.4 is 16.0 Å². The first-order valence-corrected chi connectivity index (χ1v) is 29.1. The van der Waals surface area contributed by atoms with Crippen LogP contribution in [0.1, 0.15) is 222 Å². The quantitative estimate of drug-likeness (QED) is 0.0303. The van der Waals surface area contributed by atoms with Gasteiger partial charge in [0.15, 0.2) is 11.6 Å². The monoisotopic (exact) mass is 1010 g/mol. The number of unbranched alkanes of at least 4 members (excludes halogenated alkanes) is 16. The van der Waals surface area contributed by atoms with E-state index < -0.39 is 5.66 Å². The van der Waals surface area contributed by atoms with Crippen LogP contribution in [0.25, 0.3) is 22.3 Å². The minimum atomic E-state index is -1.48. The maximum Gasteiger partial charge on any atom is 0.256 e. The van der Waals surface area contributed by atoms with E-state index in [-0.39, 0.29) is 52.1 Å². The molecular formula is C68H85N3O4. The summed E-state index contributed by atoms with van der Waals surface area (Å²) < 4.78 is 0. The highest BCUT2D eigenvalue weighted by atomic mass is 16.2. The van der Waals surface area contributed by atoms with Crippen molar-refractivity contribution in [2.75, 3.05) is 6.54 Å². The Morgan fingerprint density at radius 3 is 1.37 bits per heavy atom. The fraction of sp³-hybridized carbons (Fsp3) is 0.441. The lowest BCUT2D eigenvalue weighted by atomic mass is 9.70. The highest BCUT2D eigenvalue weighted by Gasteiger charge is 2.51. The van der Waals surface area contributed by atoms with Crippen molar-refractivity contribution in [1.29, 1.82) is 0 Å². The first-order chi connectivity index (χ1) is 36.7. The highest BCUT2D eigenvalue weighted by Crippen LogP contribution is 2.44. The molecule has 1 atom stereocenters. The lowest BCUT2D eigenvalue weighted by molar-refractivity contribution is 0.0856. The zero-order valence-corrected chi connectivity index (χ0v) is 45.9. The Kier molecular flexibility index (Phi) is 22.0. The van der Waals surface area contributed by atoms with Crippen LogP contribution in [0.5, 0.6) is 0 Å². The number of hydrogen-bond acceptors (Lipinski definition) is 5. The summed E-state index contributed by atoms with van der Waals surface area (Å²) >= 11 is 0. The molecule has 2 aliphatic rings. The molecule has 1 unspecified atom stereocenters. The number of carbonyl (C=O) groups excluding carboxylic acids is 4.